The number of nitrogens with zero attached hydrogens (tertiary/aromatic N) is 1. The number of ether oxygens (including phenoxy) is 2. The number of methoxy groups -OCH3 is 1. The Morgan fingerprint density at radius 2 is 2.14 bits per heavy atom. The van der Waals surface area contributed by atoms with Crippen molar-refractivity contribution >= 4 is 17.6 Å². The molecule has 0 saturated heterocycles. The molecule has 2 rings (SSSR count). The largest absolute Gasteiger partial charge is 0.491 e. The fourth-order valence-corrected chi connectivity index (χ4v) is 3.15. The summed E-state index contributed by atoms with van der Waals surface area (Å²) in [5.41, 5.74) is 1.03. The van der Waals surface area contributed by atoms with Gasteiger partial charge >= 0.3 is 6.03 Å². The van der Waals surface area contributed by atoms with Gasteiger partial charge in [0.2, 0.25) is 0 Å². The number of urea groups is 1. The molecule has 0 fully saturated rings. The van der Waals surface area contributed by atoms with Crippen LogP contribution in [0.4, 0.5) is 10.5 Å². The molecule has 1 aromatic rings. The van der Waals surface area contributed by atoms with E-state index in [-0.39, 0.29) is 30.0 Å². The van der Waals surface area contributed by atoms with Gasteiger partial charge in [-0.3, -0.25) is 4.79 Å². The van der Waals surface area contributed by atoms with E-state index < -0.39 is 0 Å². The molecule has 8 nitrogen and oxygen atoms in total. The van der Waals surface area contributed by atoms with E-state index in [1.807, 2.05) is 13.8 Å². The van der Waals surface area contributed by atoms with Crippen molar-refractivity contribution in [1.29, 1.82) is 0 Å². The van der Waals surface area contributed by atoms with Crippen LogP contribution in [0.1, 0.15) is 37.6 Å². The SMILES string of the molecule is CCCNC(=O)Nc1ccc2c(c1)OC[C@H](C)NC[C@H](C)[C@H](OC)CN(C)C2=O. The summed E-state index contributed by atoms with van der Waals surface area (Å²) in [6, 6.07) is 4.92. The van der Waals surface area contributed by atoms with Gasteiger partial charge in [-0.2, -0.15) is 0 Å². The lowest BCUT2D eigenvalue weighted by molar-refractivity contribution is 0.0281. The minimum absolute atomic E-state index is 0.0735. The van der Waals surface area contributed by atoms with Crippen LogP contribution < -0.4 is 20.7 Å². The molecule has 3 atom stereocenters. The van der Waals surface area contributed by atoms with Gasteiger partial charge in [-0.1, -0.05) is 13.8 Å². The highest BCUT2D eigenvalue weighted by Gasteiger charge is 2.25. The first-order valence-electron chi connectivity index (χ1n) is 10.2. The van der Waals surface area contributed by atoms with Crippen LogP contribution >= 0.6 is 0 Å². The molecule has 162 valence electrons. The number of rotatable bonds is 4. The maximum absolute atomic E-state index is 13.1. The Kier molecular flexibility index (Phi) is 8.72. The molecule has 3 N–H and O–H groups in total. The molecular formula is C21H34N4O4. The van der Waals surface area contributed by atoms with Crippen molar-refractivity contribution in [3.05, 3.63) is 23.8 Å². The lowest BCUT2D eigenvalue weighted by atomic mass is 10.0. The van der Waals surface area contributed by atoms with Crippen LogP contribution in [-0.2, 0) is 4.74 Å². The monoisotopic (exact) mass is 406 g/mol. The van der Waals surface area contributed by atoms with Gasteiger partial charge in [-0.25, -0.2) is 4.79 Å². The highest BCUT2D eigenvalue weighted by molar-refractivity contribution is 5.98. The molecule has 0 aliphatic carbocycles. The summed E-state index contributed by atoms with van der Waals surface area (Å²) in [4.78, 5) is 26.7. The molecule has 29 heavy (non-hydrogen) atoms. The van der Waals surface area contributed by atoms with Crippen molar-refractivity contribution < 1.29 is 19.1 Å². The number of hydrogen-bond acceptors (Lipinski definition) is 5. The number of carbonyl (C=O) groups excluding carboxylic acids is 2. The van der Waals surface area contributed by atoms with Gasteiger partial charge in [0.15, 0.2) is 0 Å². The van der Waals surface area contributed by atoms with Crippen LogP contribution in [0.2, 0.25) is 0 Å². The van der Waals surface area contributed by atoms with E-state index in [4.69, 9.17) is 9.47 Å². The number of hydrogen-bond donors (Lipinski definition) is 3. The van der Waals surface area contributed by atoms with Crippen molar-refractivity contribution in [2.75, 3.05) is 45.7 Å². The van der Waals surface area contributed by atoms with Gasteiger partial charge in [0.05, 0.1) is 11.7 Å². The highest BCUT2D eigenvalue weighted by atomic mass is 16.5. The van der Waals surface area contributed by atoms with Crippen LogP contribution in [0.15, 0.2) is 18.2 Å². The third-order valence-corrected chi connectivity index (χ3v) is 5.02. The molecule has 3 amide bonds. The quantitative estimate of drug-likeness (QED) is 0.714. The van der Waals surface area contributed by atoms with Gasteiger partial charge < -0.3 is 30.3 Å². The zero-order valence-electron chi connectivity index (χ0n) is 18.1. The normalized spacial score (nSPS) is 23.3. The first-order chi connectivity index (χ1) is 13.8. The third kappa shape index (κ3) is 6.61. The van der Waals surface area contributed by atoms with E-state index >= 15 is 0 Å². The summed E-state index contributed by atoms with van der Waals surface area (Å²) in [5, 5.41) is 9.00. The van der Waals surface area contributed by atoms with Gasteiger partial charge in [-0.05, 0) is 31.4 Å². The number of amides is 3. The molecule has 0 bridgehead atoms. The molecule has 0 aromatic heterocycles. The minimum atomic E-state index is -0.282. The van der Waals surface area contributed by atoms with Crippen molar-refractivity contribution in [2.45, 2.75) is 39.3 Å². The fourth-order valence-electron chi connectivity index (χ4n) is 3.15. The average molecular weight is 407 g/mol. The number of anilines is 1. The predicted molar refractivity (Wildman–Crippen MR) is 114 cm³/mol. The fraction of sp³-hybridized carbons (Fsp3) is 0.619. The molecule has 0 unspecified atom stereocenters. The number of fused-ring (bicyclic) bond motifs is 1. The summed E-state index contributed by atoms with van der Waals surface area (Å²) in [7, 11) is 3.43. The molecule has 1 aliphatic rings. The Labute approximate surface area is 173 Å². The van der Waals surface area contributed by atoms with Crippen LogP contribution in [0.25, 0.3) is 0 Å². The molecule has 0 spiro atoms. The predicted octanol–water partition coefficient (Wildman–Crippen LogP) is 2.31. The zero-order chi connectivity index (χ0) is 21.4. The number of benzene rings is 1. The summed E-state index contributed by atoms with van der Waals surface area (Å²) in [5.74, 6) is 0.550. The average Bonchev–Trinajstić information content (AvgIpc) is 2.71. The van der Waals surface area contributed by atoms with E-state index in [1.165, 1.54) is 0 Å². The molecule has 1 aromatic carbocycles. The van der Waals surface area contributed by atoms with E-state index in [1.54, 1.807) is 37.3 Å². The van der Waals surface area contributed by atoms with Gasteiger partial charge in [0, 0.05) is 51.6 Å². The number of likely N-dealkylation sites (N-methyl/N-ethyl adjacent to an activating group) is 1. The second kappa shape index (κ2) is 11.0. The Bertz CT molecular complexity index is 697. The Balaban J connectivity index is 2.27. The minimum Gasteiger partial charge on any atom is -0.491 e. The summed E-state index contributed by atoms with van der Waals surface area (Å²) in [6.45, 7) is 8.37. The van der Waals surface area contributed by atoms with E-state index in [0.717, 1.165) is 13.0 Å². The standard InChI is InChI=1S/C21H34N4O4/c1-6-9-22-21(27)24-16-7-8-17-18(10-16)29-13-15(3)23-11-14(2)19(28-5)12-25(4)20(17)26/h7-8,10,14-15,19,23H,6,9,11-13H2,1-5H3,(H2,22,24,27)/t14-,15-,19+/m0/s1. The zero-order valence-corrected chi connectivity index (χ0v) is 18.1. The van der Waals surface area contributed by atoms with Crippen molar-refractivity contribution in [1.82, 2.24) is 15.5 Å². The van der Waals surface area contributed by atoms with Crippen molar-refractivity contribution in [2.24, 2.45) is 5.92 Å². The molecule has 1 aliphatic heterocycles. The smallest absolute Gasteiger partial charge is 0.319 e. The third-order valence-electron chi connectivity index (χ3n) is 5.02. The molecule has 0 radical (unpaired) electrons. The van der Waals surface area contributed by atoms with Crippen LogP contribution in [0.3, 0.4) is 0 Å². The van der Waals surface area contributed by atoms with Crippen LogP contribution in [-0.4, -0.2) is 69.4 Å². The van der Waals surface area contributed by atoms with E-state index in [0.29, 0.717) is 36.7 Å². The second-order valence-electron chi connectivity index (χ2n) is 7.65. The Morgan fingerprint density at radius 1 is 1.38 bits per heavy atom. The number of nitrogens with one attached hydrogen (secondary N) is 3. The topological polar surface area (TPSA) is 91.9 Å². The van der Waals surface area contributed by atoms with E-state index in [2.05, 4.69) is 22.9 Å². The summed E-state index contributed by atoms with van der Waals surface area (Å²) >= 11 is 0. The van der Waals surface area contributed by atoms with Gasteiger partial charge in [0.1, 0.15) is 12.4 Å². The maximum Gasteiger partial charge on any atom is 0.319 e. The Morgan fingerprint density at radius 3 is 2.83 bits per heavy atom. The first kappa shape index (κ1) is 23.0. The first-order valence-corrected chi connectivity index (χ1v) is 10.2. The van der Waals surface area contributed by atoms with Crippen LogP contribution in [0, 0.1) is 5.92 Å². The molecule has 0 saturated carbocycles. The van der Waals surface area contributed by atoms with E-state index in [9.17, 15) is 9.59 Å². The molecule has 8 heteroatoms. The lowest BCUT2D eigenvalue weighted by Crippen LogP contribution is -2.44. The molecular weight excluding hydrogens is 372 g/mol. The maximum atomic E-state index is 13.1. The van der Waals surface area contributed by atoms with Gasteiger partial charge in [-0.15, -0.1) is 0 Å². The second-order valence-corrected chi connectivity index (χ2v) is 7.65. The summed E-state index contributed by atoms with van der Waals surface area (Å²) in [6.07, 6.45) is 0.781. The van der Waals surface area contributed by atoms with Crippen molar-refractivity contribution in [3.63, 3.8) is 0 Å². The lowest BCUT2D eigenvalue weighted by Gasteiger charge is -2.30. The summed E-state index contributed by atoms with van der Waals surface area (Å²) < 4.78 is 11.6. The Hall–Kier alpha value is -2.32. The van der Waals surface area contributed by atoms with Crippen molar-refractivity contribution in [3.8, 4) is 5.75 Å². The molecule has 1 heterocycles. The highest BCUT2D eigenvalue weighted by Crippen LogP contribution is 2.26. The van der Waals surface area contributed by atoms with Gasteiger partial charge in [0.25, 0.3) is 5.91 Å². The van der Waals surface area contributed by atoms with Crippen LogP contribution in [0.5, 0.6) is 5.75 Å². The number of carbonyl (C=O) groups is 2.